The minimum absolute atomic E-state index is 0.0205. The standard InChI is InChI=1S/C33H30N2O4/c1-3-37-32-19-26(17-18-31(32)39-22-25-12-5-4-6-13-25)23-38-30-16-10-8-14-27(30)20-28(21-34)33(36)35-29-15-9-7-11-24(29)2/h4-20H,3,22-23H2,1-2H3,(H,35,36)/b28-20-. The first-order valence-electron chi connectivity index (χ1n) is 12.7. The second-order valence-electron chi connectivity index (χ2n) is 8.75. The monoisotopic (exact) mass is 518 g/mol. The number of carbonyl (C=O) groups is 1. The molecule has 6 nitrogen and oxygen atoms in total. The van der Waals surface area contributed by atoms with Gasteiger partial charge in [0.1, 0.15) is 30.6 Å². The largest absolute Gasteiger partial charge is 0.490 e. The molecule has 0 spiro atoms. The third-order valence-electron chi connectivity index (χ3n) is 5.92. The SMILES string of the molecule is CCOc1cc(COc2ccccc2/C=C(/C#N)C(=O)Nc2ccccc2C)ccc1OCc1ccccc1. The molecule has 4 aromatic carbocycles. The van der Waals surface area contributed by atoms with E-state index in [0.717, 1.165) is 16.7 Å². The molecule has 0 unspecified atom stereocenters. The topological polar surface area (TPSA) is 80.6 Å². The minimum Gasteiger partial charge on any atom is -0.490 e. The number of carbonyl (C=O) groups excluding carboxylic acids is 1. The molecule has 0 radical (unpaired) electrons. The van der Waals surface area contributed by atoms with Gasteiger partial charge in [-0.2, -0.15) is 5.26 Å². The van der Waals surface area contributed by atoms with Crippen molar-refractivity contribution < 1.29 is 19.0 Å². The van der Waals surface area contributed by atoms with Crippen LogP contribution in [0.1, 0.15) is 29.2 Å². The Kier molecular flexibility index (Phi) is 9.36. The first-order valence-corrected chi connectivity index (χ1v) is 12.7. The van der Waals surface area contributed by atoms with Crippen LogP contribution in [-0.4, -0.2) is 12.5 Å². The van der Waals surface area contributed by atoms with Crippen LogP contribution in [0.5, 0.6) is 17.2 Å². The maximum absolute atomic E-state index is 12.8. The highest BCUT2D eigenvalue weighted by Crippen LogP contribution is 2.30. The molecule has 1 amide bonds. The molecule has 0 saturated carbocycles. The van der Waals surface area contributed by atoms with Crippen molar-refractivity contribution in [3.05, 3.63) is 125 Å². The minimum atomic E-state index is -0.478. The molecule has 6 heteroatoms. The number of amides is 1. The van der Waals surface area contributed by atoms with Crippen LogP contribution in [0.2, 0.25) is 0 Å². The lowest BCUT2D eigenvalue weighted by molar-refractivity contribution is -0.112. The van der Waals surface area contributed by atoms with Crippen LogP contribution in [0.15, 0.2) is 103 Å². The molecular formula is C33H30N2O4. The number of hydrogen-bond acceptors (Lipinski definition) is 5. The molecule has 196 valence electrons. The molecule has 4 rings (SSSR count). The van der Waals surface area contributed by atoms with E-state index in [4.69, 9.17) is 14.2 Å². The summed E-state index contributed by atoms with van der Waals surface area (Å²) in [5.41, 5.74) is 4.14. The molecular weight excluding hydrogens is 488 g/mol. The van der Waals surface area contributed by atoms with Crippen LogP contribution in [0.4, 0.5) is 5.69 Å². The number of hydrogen-bond donors (Lipinski definition) is 1. The number of nitrogens with zero attached hydrogens (tertiary/aromatic N) is 1. The molecule has 39 heavy (non-hydrogen) atoms. The molecule has 0 atom stereocenters. The average molecular weight is 519 g/mol. The number of benzene rings is 4. The number of nitrogens with one attached hydrogen (secondary N) is 1. The predicted octanol–water partition coefficient (Wildman–Crippen LogP) is 7.10. The Morgan fingerprint density at radius 2 is 1.49 bits per heavy atom. The maximum atomic E-state index is 12.8. The predicted molar refractivity (Wildman–Crippen MR) is 153 cm³/mol. The first-order chi connectivity index (χ1) is 19.1. The Morgan fingerprint density at radius 3 is 2.26 bits per heavy atom. The van der Waals surface area contributed by atoms with Crippen molar-refractivity contribution in [2.75, 3.05) is 11.9 Å². The number of nitriles is 1. The lowest BCUT2D eigenvalue weighted by Gasteiger charge is -2.15. The zero-order valence-electron chi connectivity index (χ0n) is 22.0. The number of ether oxygens (including phenoxy) is 3. The molecule has 0 aliphatic carbocycles. The van der Waals surface area contributed by atoms with Gasteiger partial charge in [-0.1, -0.05) is 72.8 Å². The van der Waals surface area contributed by atoms with E-state index >= 15 is 0 Å². The Balaban J connectivity index is 1.47. The summed E-state index contributed by atoms with van der Waals surface area (Å²) in [6.07, 6.45) is 1.54. The quantitative estimate of drug-likeness (QED) is 0.169. The van der Waals surface area contributed by atoms with E-state index in [0.29, 0.717) is 41.7 Å². The lowest BCUT2D eigenvalue weighted by Crippen LogP contribution is -2.14. The van der Waals surface area contributed by atoms with E-state index in [2.05, 4.69) is 5.32 Å². The van der Waals surface area contributed by atoms with Gasteiger partial charge >= 0.3 is 0 Å². The summed E-state index contributed by atoms with van der Waals surface area (Å²) in [5, 5.41) is 12.5. The molecule has 0 aliphatic heterocycles. The summed E-state index contributed by atoms with van der Waals surface area (Å²) in [6.45, 7) is 5.03. The lowest BCUT2D eigenvalue weighted by atomic mass is 10.1. The average Bonchev–Trinajstić information content (AvgIpc) is 2.96. The number of anilines is 1. The summed E-state index contributed by atoms with van der Waals surface area (Å²) >= 11 is 0. The Labute approximate surface area is 229 Å². The van der Waals surface area contributed by atoms with Gasteiger partial charge in [-0.25, -0.2) is 0 Å². The van der Waals surface area contributed by atoms with Crippen LogP contribution >= 0.6 is 0 Å². The van der Waals surface area contributed by atoms with Gasteiger partial charge in [0, 0.05) is 11.3 Å². The maximum Gasteiger partial charge on any atom is 0.266 e. The van der Waals surface area contributed by atoms with Crippen molar-refractivity contribution in [3.63, 3.8) is 0 Å². The van der Waals surface area contributed by atoms with E-state index in [1.165, 1.54) is 6.08 Å². The van der Waals surface area contributed by atoms with Crippen molar-refractivity contribution in [1.29, 1.82) is 5.26 Å². The highest BCUT2D eigenvalue weighted by Gasteiger charge is 2.13. The molecule has 0 heterocycles. The van der Waals surface area contributed by atoms with E-state index in [1.807, 2.05) is 98.8 Å². The Hall–Kier alpha value is -5.02. The van der Waals surface area contributed by atoms with Gasteiger partial charge in [0.15, 0.2) is 11.5 Å². The summed E-state index contributed by atoms with van der Waals surface area (Å²) in [5.74, 6) is 1.37. The molecule has 0 bridgehead atoms. The zero-order valence-corrected chi connectivity index (χ0v) is 22.0. The fraction of sp³-hybridized carbons (Fsp3) is 0.152. The fourth-order valence-corrected chi connectivity index (χ4v) is 3.86. The number of rotatable bonds is 11. The summed E-state index contributed by atoms with van der Waals surface area (Å²) < 4.78 is 17.9. The van der Waals surface area contributed by atoms with Crippen molar-refractivity contribution in [2.45, 2.75) is 27.1 Å². The van der Waals surface area contributed by atoms with Crippen LogP contribution in [-0.2, 0) is 18.0 Å². The third-order valence-corrected chi connectivity index (χ3v) is 5.92. The van der Waals surface area contributed by atoms with Gasteiger partial charge in [0.05, 0.1) is 6.61 Å². The molecule has 0 aromatic heterocycles. The van der Waals surface area contributed by atoms with Crippen LogP contribution in [0, 0.1) is 18.3 Å². The van der Waals surface area contributed by atoms with Crippen molar-refractivity contribution in [1.82, 2.24) is 0 Å². The smallest absolute Gasteiger partial charge is 0.266 e. The van der Waals surface area contributed by atoms with Gasteiger partial charge in [-0.3, -0.25) is 4.79 Å². The third kappa shape index (κ3) is 7.50. The van der Waals surface area contributed by atoms with Crippen LogP contribution in [0.3, 0.4) is 0 Å². The second kappa shape index (κ2) is 13.5. The normalized spacial score (nSPS) is 10.8. The summed E-state index contributed by atoms with van der Waals surface area (Å²) in [4.78, 5) is 12.8. The van der Waals surface area contributed by atoms with Crippen LogP contribution in [0.25, 0.3) is 6.08 Å². The Morgan fingerprint density at radius 1 is 0.795 bits per heavy atom. The molecule has 0 aliphatic rings. The van der Waals surface area contributed by atoms with E-state index < -0.39 is 5.91 Å². The van der Waals surface area contributed by atoms with Gasteiger partial charge in [0.25, 0.3) is 5.91 Å². The first kappa shape index (κ1) is 27.0. The molecule has 0 saturated heterocycles. The van der Waals surface area contributed by atoms with Crippen molar-refractivity contribution >= 4 is 17.7 Å². The number of para-hydroxylation sites is 2. The molecule has 4 aromatic rings. The van der Waals surface area contributed by atoms with E-state index in [1.54, 1.807) is 18.2 Å². The highest BCUT2D eigenvalue weighted by atomic mass is 16.5. The fourth-order valence-electron chi connectivity index (χ4n) is 3.86. The van der Waals surface area contributed by atoms with Crippen LogP contribution < -0.4 is 19.5 Å². The van der Waals surface area contributed by atoms with Gasteiger partial charge in [-0.15, -0.1) is 0 Å². The van der Waals surface area contributed by atoms with Gasteiger partial charge in [0.2, 0.25) is 0 Å². The molecule has 0 fully saturated rings. The van der Waals surface area contributed by atoms with Gasteiger partial charge < -0.3 is 19.5 Å². The van der Waals surface area contributed by atoms with E-state index in [9.17, 15) is 10.1 Å². The van der Waals surface area contributed by atoms with Gasteiger partial charge in [-0.05, 0) is 60.9 Å². The Bertz CT molecular complexity index is 1490. The van der Waals surface area contributed by atoms with Crippen molar-refractivity contribution in [3.8, 4) is 23.3 Å². The second-order valence-corrected chi connectivity index (χ2v) is 8.75. The summed E-state index contributed by atoms with van der Waals surface area (Å²) in [6, 6.07) is 32.4. The summed E-state index contributed by atoms with van der Waals surface area (Å²) in [7, 11) is 0. The van der Waals surface area contributed by atoms with Crippen molar-refractivity contribution in [2.24, 2.45) is 0 Å². The van der Waals surface area contributed by atoms with E-state index in [-0.39, 0.29) is 12.2 Å². The molecule has 1 N–H and O–H groups in total. The zero-order chi connectivity index (χ0) is 27.5. The highest BCUT2D eigenvalue weighted by molar-refractivity contribution is 6.10. The number of aryl methyl sites for hydroxylation is 1.